The molecule has 1 aliphatic heterocycles. The van der Waals surface area contributed by atoms with Gasteiger partial charge in [-0.2, -0.15) is 0 Å². The Morgan fingerprint density at radius 1 is 1.24 bits per heavy atom. The minimum absolute atomic E-state index is 0.109. The zero-order valence-corrected chi connectivity index (χ0v) is 14.0. The van der Waals surface area contributed by atoms with Crippen molar-refractivity contribution in [3.8, 4) is 0 Å². The molecule has 0 N–H and O–H groups in total. The molecule has 1 saturated heterocycles. The molecule has 1 aromatic carbocycles. The maximum atomic E-state index is 6.33. The average Bonchev–Trinajstić information content (AvgIpc) is 3.07. The summed E-state index contributed by atoms with van der Waals surface area (Å²) in [5, 5.41) is 0.633. The van der Waals surface area contributed by atoms with E-state index in [2.05, 4.69) is 21.4 Å². The van der Waals surface area contributed by atoms with Gasteiger partial charge in [0.1, 0.15) is 5.82 Å². The van der Waals surface area contributed by atoms with E-state index >= 15 is 0 Å². The number of likely N-dealkylation sites (tertiary alicyclic amines) is 1. The van der Waals surface area contributed by atoms with Gasteiger partial charge in [-0.15, -0.1) is 11.6 Å². The molecule has 0 aliphatic carbocycles. The predicted octanol–water partition coefficient (Wildman–Crippen LogP) is 4.47. The summed E-state index contributed by atoms with van der Waals surface area (Å²) in [4.78, 5) is 7.23. The molecule has 2 heterocycles. The maximum absolute atomic E-state index is 6.33. The first-order valence-corrected chi connectivity index (χ1v) is 8.41. The van der Waals surface area contributed by atoms with Crippen LogP contribution in [0.2, 0.25) is 5.02 Å². The highest BCUT2D eigenvalue weighted by atomic mass is 35.5. The van der Waals surface area contributed by atoms with Crippen molar-refractivity contribution in [2.45, 2.75) is 44.7 Å². The van der Waals surface area contributed by atoms with Crippen LogP contribution in [-0.4, -0.2) is 33.6 Å². The van der Waals surface area contributed by atoms with Crippen molar-refractivity contribution >= 4 is 34.2 Å². The van der Waals surface area contributed by atoms with Crippen molar-refractivity contribution in [2.75, 3.05) is 13.1 Å². The quantitative estimate of drug-likeness (QED) is 0.773. The lowest BCUT2D eigenvalue weighted by atomic mass is 10.2. The van der Waals surface area contributed by atoms with E-state index in [4.69, 9.17) is 23.2 Å². The lowest BCUT2D eigenvalue weighted by Crippen LogP contribution is -2.34. The highest BCUT2D eigenvalue weighted by molar-refractivity contribution is 6.31. The number of hydrogen-bond acceptors (Lipinski definition) is 2. The van der Waals surface area contributed by atoms with Crippen LogP contribution in [0.25, 0.3) is 11.0 Å². The summed E-state index contributed by atoms with van der Waals surface area (Å²) in [5.74, 6) is 0.931. The van der Waals surface area contributed by atoms with Crippen LogP contribution in [0, 0.1) is 0 Å². The van der Waals surface area contributed by atoms with Crippen LogP contribution in [0.4, 0.5) is 0 Å². The maximum Gasteiger partial charge on any atom is 0.127 e. The van der Waals surface area contributed by atoms with Crippen LogP contribution in [0.5, 0.6) is 0 Å². The molecule has 0 amide bonds. The molecule has 2 unspecified atom stereocenters. The summed E-state index contributed by atoms with van der Waals surface area (Å²) < 4.78 is 2.24. The lowest BCUT2D eigenvalue weighted by molar-refractivity contribution is 0.236. The molecule has 1 fully saturated rings. The van der Waals surface area contributed by atoms with Crippen molar-refractivity contribution in [3.63, 3.8) is 0 Å². The molecule has 0 bridgehead atoms. The van der Waals surface area contributed by atoms with E-state index in [0.717, 1.165) is 28.4 Å². The SMILES string of the molecule is CC(Cl)c1nc2ccc(Cl)cc2n1CC(C)N1CCCC1. The molecule has 2 aromatic rings. The Labute approximate surface area is 135 Å². The van der Waals surface area contributed by atoms with E-state index in [-0.39, 0.29) is 5.38 Å². The number of nitrogens with zero attached hydrogens (tertiary/aromatic N) is 3. The Morgan fingerprint density at radius 2 is 1.95 bits per heavy atom. The Hall–Kier alpha value is -0.770. The fourth-order valence-electron chi connectivity index (χ4n) is 3.17. The number of halogens is 2. The number of aromatic nitrogens is 2. The Bertz CT molecular complexity index is 630. The normalized spacial score (nSPS) is 19.2. The minimum atomic E-state index is -0.109. The second-order valence-corrected chi connectivity index (χ2v) is 7.01. The summed E-state index contributed by atoms with van der Waals surface area (Å²) in [6.07, 6.45) is 2.61. The topological polar surface area (TPSA) is 21.1 Å². The van der Waals surface area contributed by atoms with Gasteiger partial charge >= 0.3 is 0 Å². The zero-order chi connectivity index (χ0) is 15.0. The highest BCUT2D eigenvalue weighted by Gasteiger charge is 2.22. The van der Waals surface area contributed by atoms with Crippen LogP contribution in [0.15, 0.2) is 18.2 Å². The van der Waals surface area contributed by atoms with Gasteiger partial charge in [-0.1, -0.05) is 11.6 Å². The van der Waals surface area contributed by atoms with Crippen molar-refractivity contribution < 1.29 is 0 Å². The molecule has 3 nitrogen and oxygen atoms in total. The second kappa shape index (κ2) is 6.15. The standard InChI is InChI=1S/C16H21Cl2N3/c1-11(20-7-3-4-8-20)10-21-15-9-13(18)5-6-14(15)19-16(21)12(2)17/h5-6,9,11-12H,3-4,7-8,10H2,1-2H3. The van der Waals surface area contributed by atoms with Crippen LogP contribution >= 0.6 is 23.2 Å². The number of fused-ring (bicyclic) bond motifs is 1. The summed E-state index contributed by atoms with van der Waals surface area (Å²) >= 11 is 12.5. The zero-order valence-electron chi connectivity index (χ0n) is 12.5. The van der Waals surface area contributed by atoms with Gasteiger partial charge in [0.2, 0.25) is 0 Å². The molecular formula is C16H21Cl2N3. The molecule has 3 rings (SSSR count). The molecule has 0 saturated carbocycles. The Kier molecular flexibility index (Phi) is 4.43. The first-order chi connectivity index (χ1) is 10.1. The van der Waals surface area contributed by atoms with Crippen molar-refractivity contribution in [2.24, 2.45) is 0 Å². The summed E-state index contributed by atoms with van der Waals surface area (Å²) in [5.41, 5.74) is 2.05. The van der Waals surface area contributed by atoms with E-state index in [9.17, 15) is 0 Å². The van der Waals surface area contributed by atoms with Gasteiger partial charge in [0.15, 0.2) is 0 Å². The highest BCUT2D eigenvalue weighted by Crippen LogP contribution is 2.27. The predicted molar refractivity (Wildman–Crippen MR) is 89.3 cm³/mol. The van der Waals surface area contributed by atoms with Gasteiger partial charge in [0.05, 0.1) is 16.4 Å². The fraction of sp³-hybridized carbons (Fsp3) is 0.562. The number of hydrogen-bond donors (Lipinski definition) is 0. The van der Waals surface area contributed by atoms with Gasteiger partial charge in [-0.25, -0.2) is 4.98 Å². The Balaban J connectivity index is 1.98. The van der Waals surface area contributed by atoms with Gasteiger partial charge in [-0.05, 0) is 58.0 Å². The van der Waals surface area contributed by atoms with Crippen LogP contribution in [0.3, 0.4) is 0 Å². The first kappa shape index (κ1) is 15.1. The number of alkyl halides is 1. The Morgan fingerprint density at radius 3 is 2.62 bits per heavy atom. The number of benzene rings is 1. The van der Waals surface area contributed by atoms with Gasteiger partial charge < -0.3 is 4.57 Å². The molecule has 1 aliphatic rings. The van der Waals surface area contributed by atoms with E-state index in [1.54, 1.807) is 0 Å². The largest absolute Gasteiger partial charge is 0.325 e. The average molecular weight is 326 g/mol. The number of rotatable bonds is 4. The first-order valence-electron chi connectivity index (χ1n) is 7.60. The number of imidazole rings is 1. The van der Waals surface area contributed by atoms with Gasteiger partial charge in [-0.3, -0.25) is 4.90 Å². The fourth-order valence-corrected chi connectivity index (χ4v) is 3.51. The third-order valence-electron chi connectivity index (χ3n) is 4.31. The van der Waals surface area contributed by atoms with Crippen LogP contribution in [-0.2, 0) is 6.54 Å². The monoisotopic (exact) mass is 325 g/mol. The van der Waals surface area contributed by atoms with Gasteiger partial charge in [0, 0.05) is 17.6 Å². The van der Waals surface area contributed by atoms with Crippen molar-refractivity contribution in [3.05, 3.63) is 29.0 Å². The van der Waals surface area contributed by atoms with E-state index < -0.39 is 0 Å². The lowest BCUT2D eigenvalue weighted by Gasteiger charge is -2.25. The third-order valence-corrected chi connectivity index (χ3v) is 4.74. The smallest absolute Gasteiger partial charge is 0.127 e. The minimum Gasteiger partial charge on any atom is -0.325 e. The third kappa shape index (κ3) is 3.05. The van der Waals surface area contributed by atoms with Gasteiger partial charge in [0.25, 0.3) is 0 Å². The molecule has 114 valence electrons. The molecule has 0 spiro atoms. The van der Waals surface area contributed by atoms with Crippen LogP contribution < -0.4 is 0 Å². The molecular weight excluding hydrogens is 305 g/mol. The van der Waals surface area contributed by atoms with Crippen LogP contribution in [0.1, 0.15) is 37.9 Å². The molecule has 2 atom stereocenters. The summed E-state index contributed by atoms with van der Waals surface area (Å²) in [6.45, 7) is 7.55. The summed E-state index contributed by atoms with van der Waals surface area (Å²) in [7, 11) is 0. The van der Waals surface area contributed by atoms with E-state index in [0.29, 0.717) is 6.04 Å². The van der Waals surface area contributed by atoms with E-state index in [1.807, 2.05) is 25.1 Å². The summed E-state index contributed by atoms with van der Waals surface area (Å²) in [6, 6.07) is 6.33. The molecule has 0 radical (unpaired) electrons. The molecule has 21 heavy (non-hydrogen) atoms. The molecule has 1 aromatic heterocycles. The van der Waals surface area contributed by atoms with Crippen molar-refractivity contribution in [1.29, 1.82) is 0 Å². The van der Waals surface area contributed by atoms with E-state index in [1.165, 1.54) is 25.9 Å². The molecule has 5 heteroatoms. The second-order valence-electron chi connectivity index (χ2n) is 5.92. The van der Waals surface area contributed by atoms with Crippen molar-refractivity contribution in [1.82, 2.24) is 14.5 Å².